The third-order valence-electron chi connectivity index (χ3n) is 3.57. The Morgan fingerprint density at radius 2 is 1.84 bits per heavy atom. The van der Waals surface area contributed by atoms with Gasteiger partial charge in [-0.1, -0.05) is 48.9 Å². The first kappa shape index (κ1) is 14.4. The molecule has 1 aliphatic rings. The van der Waals surface area contributed by atoms with Gasteiger partial charge in [0.2, 0.25) is 0 Å². The Kier molecular flexibility index (Phi) is 4.88. The molecule has 4 nitrogen and oxygen atoms in total. The van der Waals surface area contributed by atoms with Crippen molar-refractivity contribution in [2.24, 2.45) is 5.92 Å². The van der Waals surface area contributed by atoms with Crippen molar-refractivity contribution in [3.05, 3.63) is 32.3 Å². The van der Waals surface area contributed by atoms with Crippen LogP contribution in [-0.2, 0) is 0 Å². The fourth-order valence-electron chi connectivity index (χ4n) is 2.53. The van der Waals surface area contributed by atoms with Crippen LogP contribution >= 0.6 is 23.2 Å². The van der Waals surface area contributed by atoms with Crippen LogP contribution in [0, 0.1) is 16.0 Å². The van der Waals surface area contributed by atoms with Gasteiger partial charge >= 0.3 is 0 Å². The maximum absolute atomic E-state index is 10.7. The van der Waals surface area contributed by atoms with Gasteiger partial charge in [-0.05, 0) is 12.3 Å². The van der Waals surface area contributed by atoms with Crippen LogP contribution in [0.5, 0.6) is 0 Å². The molecular formula is C13H16Cl2N2O2. The number of nitro groups is 1. The molecule has 0 atom stereocenters. The van der Waals surface area contributed by atoms with E-state index in [1.807, 2.05) is 0 Å². The molecule has 0 radical (unpaired) electrons. The van der Waals surface area contributed by atoms with E-state index in [4.69, 9.17) is 23.2 Å². The number of nitro benzene ring substituents is 1. The first-order chi connectivity index (χ1) is 9.08. The number of hydrogen-bond acceptors (Lipinski definition) is 3. The summed E-state index contributed by atoms with van der Waals surface area (Å²) in [6.07, 6.45) is 6.32. The van der Waals surface area contributed by atoms with Crippen LogP contribution in [0.3, 0.4) is 0 Å². The van der Waals surface area contributed by atoms with Crippen molar-refractivity contribution in [3.63, 3.8) is 0 Å². The predicted molar refractivity (Wildman–Crippen MR) is 78.2 cm³/mol. The number of non-ortho nitro benzene ring substituents is 1. The zero-order valence-corrected chi connectivity index (χ0v) is 12.0. The van der Waals surface area contributed by atoms with Crippen molar-refractivity contribution in [3.8, 4) is 0 Å². The average molecular weight is 303 g/mol. The van der Waals surface area contributed by atoms with Crippen LogP contribution in [0.2, 0.25) is 10.0 Å². The fourth-order valence-corrected chi connectivity index (χ4v) is 3.14. The lowest BCUT2D eigenvalue weighted by molar-refractivity contribution is -0.384. The normalized spacial score (nSPS) is 15.7. The maximum atomic E-state index is 10.7. The first-order valence-electron chi connectivity index (χ1n) is 6.45. The molecule has 1 aliphatic carbocycles. The molecule has 0 spiro atoms. The van der Waals surface area contributed by atoms with Crippen molar-refractivity contribution in [2.45, 2.75) is 32.1 Å². The number of benzene rings is 1. The molecular weight excluding hydrogens is 287 g/mol. The van der Waals surface area contributed by atoms with Gasteiger partial charge in [0.15, 0.2) is 0 Å². The Balaban J connectivity index is 1.97. The summed E-state index contributed by atoms with van der Waals surface area (Å²) in [4.78, 5) is 10.2. The number of anilines is 1. The van der Waals surface area contributed by atoms with E-state index in [-0.39, 0.29) is 5.69 Å². The molecule has 0 aromatic heterocycles. The Labute approximate surface area is 122 Å². The molecule has 19 heavy (non-hydrogen) atoms. The van der Waals surface area contributed by atoms with E-state index in [1.54, 1.807) is 0 Å². The van der Waals surface area contributed by atoms with E-state index < -0.39 is 4.92 Å². The van der Waals surface area contributed by atoms with Gasteiger partial charge in [0.1, 0.15) is 0 Å². The summed E-state index contributed by atoms with van der Waals surface area (Å²) in [6, 6.07) is 2.65. The lowest BCUT2D eigenvalue weighted by Gasteiger charge is -2.13. The highest BCUT2D eigenvalue weighted by atomic mass is 35.5. The summed E-state index contributed by atoms with van der Waals surface area (Å²) in [5, 5.41) is 14.5. The molecule has 1 N–H and O–H groups in total. The van der Waals surface area contributed by atoms with E-state index in [9.17, 15) is 10.1 Å². The van der Waals surface area contributed by atoms with Gasteiger partial charge in [-0.15, -0.1) is 0 Å². The van der Waals surface area contributed by atoms with Gasteiger partial charge in [0, 0.05) is 18.7 Å². The highest BCUT2D eigenvalue weighted by molar-refractivity contribution is 6.39. The molecule has 0 saturated heterocycles. The molecule has 1 saturated carbocycles. The van der Waals surface area contributed by atoms with Crippen LogP contribution in [0.25, 0.3) is 0 Å². The number of rotatable bonds is 5. The number of nitrogens with one attached hydrogen (secondary N) is 1. The number of hydrogen-bond donors (Lipinski definition) is 1. The van der Waals surface area contributed by atoms with Crippen LogP contribution in [0.4, 0.5) is 11.4 Å². The van der Waals surface area contributed by atoms with Gasteiger partial charge in [-0.3, -0.25) is 10.1 Å². The quantitative estimate of drug-likeness (QED) is 0.622. The second-order valence-corrected chi connectivity index (χ2v) is 5.72. The molecule has 1 aromatic carbocycles. The zero-order valence-electron chi connectivity index (χ0n) is 10.5. The third kappa shape index (κ3) is 3.74. The van der Waals surface area contributed by atoms with E-state index in [0.29, 0.717) is 15.7 Å². The summed E-state index contributed by atoms with van der Waals surface area (Å²) >= 11 is 12.0. The largest absolute Gasteiger partial charge is 0.383 e. The van der Waals surface area contributed by atoms with Crippen LogP contribution < -0.4 is 5.32 Å². The highest BCUT2D eigenvalue weighted by Gasteiger charge is 2.16. The SMILES string of the molecule is O=[N+]([O-])c1cc(Cl)c(NCCC2CCCC2)c(Cl)c1. The van der Waals surface area contributed by atoms with E-state index in [2.05, 4.69) is 5.32 Å². The summed E-state index contributed by atoms with van der Waals surface area (Å²) in [5.74, 6) is 0.781. The Hall–Kier alpha value is -1.00. The molecule has 0 heterocycles. The summed E-state index contributed by atoms with van der Waals surface area (Å²) in [5.41, 5.74) is 0.503. The van der Waals surface area contributed by atoms with Crippen LogP contribution in [0.1, 0.15) is 32.1 Å². The topological polar surface area (TPSA) is 55.2 Å². The Bertz CT molecular complexity index is 451. The van der Waals surface area contributed by atoms with Gasteiger partial charge in [0.05, 0.1) is 20.7 Å². The minimum absolute atomic E-state index is 0.0867. The summed E-state index contributed by atoms with van der Waals surface area (Å²) < 4.78 is 0. The van der Waals surface area contributed by atoms with Crippen molar-refractivity contribution in [1.29, 1.82) is 0 Å². The molecule has 6 heteroatoms. The summed E-state index contributed by atoms with van der Waals surface area (Å²) in [6.45, 7) is 0.794. The molecule has 0 unspecified atom stereocenters. The average Bonchev–Trinajstić information content (AvgIpc) is 2.85. The van der Waals surface area contributed by atoms with Gasteiger partial charge < -0.3 is 5.32 Å². The van der Waals surface area contributed by atoms with Gasteiger partial charge in [0.25, 0.3) is 5.69 Å². The molecule has 104 valence electrons. The molecule has 0 bridgehead atoms. The second-order valence-electron chi connectivity index (χ2n) is 4.91. The smallest absolute Gasteiger partial charge is 0.272 e. The monoisotopic (exact) mass is 302 g/mol. The molecule has 1 aromatic rings. The van der Waals surface area contributed by atoms with E-state index >= 15 is 0 Å². The summed E-state index contributed by atoms with van der Waals surface area (Å²) in [7, 11) is 0. The zero-order chi connectivity index (χ0) is 13.8. The fraction of sp³-hybridized carbons (Fsp3) is 0.538. The molecule has 1 fully saturated rings. The second kappa shape index (κ2) is 6.44. The highest BCUT2D eigenvalue weighted by Crippen LogP contribution is 2.35. The van der Waals surface area contributed by atoms with Crippen LogP contribution in [-0.4, -0.2) is 11.5 Å². The number of nitrogens with zero attached hydrogens (tertiary/aromatic N) is 1. The van der Waals surface area contributed by atoms with Crippen molar-refractivity contribution >= 4 is 34.6 Å². The van der Waals surface area contributed by atoms with Gasteiger partial charge in [-0.25, -0.2) is 0 Å². The predicted octanol–water partition coefficient (Wildman–Crippen LogP) is 4.89. The lowest BCUT2D eigenvalue weighted by Crippen LogP contribution is -2.07. The minimum atomic E-state index is -0.500. The van der Waals surface area contributed by atoms with Gasteiger partial charge in [-0.2, -0.15) is 0 Å². The number of halogens is 2. The Morgan fingerprint density at radius 3 is 2.37 bits per heavy atom. The van der Waals surface area contributed by atoms with Crippen LogP contribution in [0.15, 0.2) is 12.1 Å². The van der Waals surface area contributed by atoms with E-state index in [0.717, 1.165) is 18.9 Å². The maximum Gasteiger partial charge on any atom is 0.272 e. The third-order valence-corrected chi connectivity index (χ3v) is 4.16. The standard InChI is InChI=1S/C13H16Cl2N2O2/c14-11-7-10(17(18)19)8-12(15)13(11)16-6-5-9-3-1-2-4-9/h7-9,16H,1-6H2. The van der Waals surface area contributed by atoms with Crippen molar-refractivity contribution in [2.75, 3.05) is 11.9 Å². The Morgan fingerprint density at radius 1 is 1.26 bits per heavy atom. The minimum Gasteiger partial charge on any atom is -0.383 e. The first-order valence-corrected chi connectivity index (χ1v) is 7.21. The molecule has 0 aliphatic heterocycles. The molecule has 0 amide bonds. The lowest BCUT2D eigenvalue weighted by atomic mass is 10.0. The molecule has 2 rings (SSSR count). The van der Waals surface area contributed by atoms with Crippen molar-refractivity contribution in [1.82, 2.24) is 0 Å². The van der Waals surface area contributed by atoms with E-state index in [1.165, 1.54) is 37.8 Å². The van der Waals surface area contributed by atoms with Crippen molar-refractivity contribution < 1.29 is 4.92 Å².